The van der Waals surface area contributed by atoms with Crippen LogP contribution < -0.4 is 5.32 Å². The third kappa shape index (κ3) is 3.11. The van der Waals surface area contributed by atoms with Crippen LogP contribution in [-0.4, -0.2) is 25.0 Å². The SMILES string of the molecule is CC1(C)OCC(CNC2c3cc(Cl)ccc3CC2(C)C)O1. The molecule has 2 unspecified atom stereocenters. The van der Waals surface area contributed by atoms with Crippen molar-refractivity contribution < 1.29 is 9.47 Å². The molecule has 1 aliphatic heterocycles. The van der Waals surface area contributed by atoms with Crippen LogP contribution in [0.25, 0.3) is 0 Å². The zero-order valence-electron chi connectivity index (χ0n) is 13.2. The first-order chi connectivity index (χ1) is 9.77. The Labute approximate surface area is 132 Å². The van der Waals surface area contributed by atoms with E-state index < -0.39 is 5.79 Å². The van der Waals surface area contributed by atoms with E-state index in [1.54, 1.807) is 0 Å². The fourth-order valence-electron chi connectivity index (χ4n) is 3.51. The Hall–Kier alpha value is -0.610. The van der Waals surface area contributed by atoms with Crippen molar-refractivity contribution in [2.75, 3.05) is 13.2 Å². The minimum absolute atomic E-state index is 0.110. The van der Waals surface area contributed by atoms with E-state index in [1.165, 1.54) is 11.1 Å². The lowest BCUT2D eigenvalue weighted by molar-refractivity contribution is -0.138. The van der Waals surface area contributed by atoms with Crippen molar-refractivity contribution in [1.82, 2.24) is 5.32 Å². The fourth-order valence-corrected chi connectivity index (χ4v) is 3.69. The van der Waals surface area contributed by atoms with Gasteiger partial charge >= 0.3 is 0 Å². The minimum atomic E-state index is -0.460. The lowest BCUT2D eigenvalue weighted by atomic mass is 9.85. The molecule has 0 saturated carbocycles. The van der Waals surface area contributed by atoms with Gasteiger partial charge in [0.25, 0.3) is 0 Å². The van der Waals surface area contributed by atoms with Crippen LogP contribution >= 0.6 is 11.6 Å². The number of rotatable bonds is 3. The van der Waals surface area contributed by atoms with E-state index >= 15 is 0 Å². The molecule has 116 valence electrons. The van der Waals surface area contributed by atoms with Crippen LogP contribution in [0.4, 0.5) is 0 Å². The summed E-state index contributed by atoms with van der Waals surface area (Å²) in [6.07, 6.45) is 1.18. The number of halogens is 1. The molecule has 3 rings (SSSR count). The first-order valence-corrected chi connectivity index (χ1v) is 7.98. The van der Waals surface area contributed by atoms with Gasteiger partial charge < -0.3 is 14.8 Å². The number of fused-ring (bicyclic) bond motifs is 1. The highest BCUT2D eigenvalue weighted by atomic mass is 35.5. The largest absolute Gasteiger partial charge is 0.348 e. The van der Waals surface area contributed by atoms with Crippen LogP contribution in [0.15, 0.2) is 18.2 Å². The van der Waals surface area contributed by atoms with Gasteiger partial charge in [0.1, 0.15) is 0 Å². The molecule has 0 spiro atoms. The van der Waals surface area contributed by atoms with Crippen molar-refractivity contribution in [2.45, 2.75) is 52.0 Å². The summed E-state index contributed by atoms with van der Waals surface area (Å²) in [6, 6.07) is 6.53. The maximum absolute atomic E-state index is 6.17. The van der Waals surface area contributed by atoms with Crippen LogP contribution in [0.1, 0.15) is 44.9 Å². The summed E-state index contributed by atoms with van der Waals surface area (Å²) in [7, 11) is 0. The Morgan fingerprint density at radius 1 is 1.29 bits per heavy atom. The summed E-state index contributed by atoms with van der Waals surface area (Å²) >= 11 is 6.17. The highest BCUT2D eigenvalue weighted by Gasteiger charge is 2.40. The number of ether oxygens (including phenoxy) is 2. The molecule has 4 heteroatoms. The molecule has 1 aromatic rings. The molecule has 0 bridgehead atoms. The zero-order valence-corrected chi connectivity index (χ0v) is 14.0. The van der Waals surface area contributed by atoms with Gasteiger partial charge in [-0.2, -0.15) is 0 Å². The standard InChI is InChI=1S/C17H24ClNO2/c1-16(2)8-11-5-6-12(18)7-14(11)15(16)19-9-13-10-20-17(3,4)21-13/h5-7,13,15,19H,8-10H2,1-4H3. The van der Waals surface area contributed by atoms with Gasteiger partial charge in [0.15, 0.2) is 5.79 Å². The molecule has 1 aliphatic carbocycles. The number of benzene rings is 1. The predicted molar refractivity (Wildman–Crippen MR) is 84.6 cm³/mol. The maximum Gasteiger partial charge on any atom is 0.163 e. The number of nitrogens with one attached hydrogen (secondary N) is 1. The van der Waals surface area contributed by atoms with E-state index in [-0.39, 0.29) is 11.5 Å². The van der Waals surface area contributed by atoms with Gasteiger partial charge in [0.2, 0.25) is 0 Å². The Kier molecular flexibility index (Phi) is 3.81. The summed E-state index contributed by atoms with van der Waals surface area (Å²) < 4.78 is 11.5. The Bertz CT molecular complexity index is 542. The first kappa shape index (κ1) is 15.3. The Balaban J connectivity index is 1.71. The molecule has 21 heavy (non-hydrogen) atoms. The van der Waals surface area contributed by atoms with Crippen molar-refractivity contribution in [3.8, 4) is 0 Å². The van der Waals surface area contributed by atoms with E-state index in [9.17, 15) is 0 Å². The second-order valence-corrected chi connectivity index (χ2v) is 7.74. The van der Waals surface area contributed by atoms with E-state index in [1.807, 2.05) is 19.9 Å². The second-order valence-electron chi connectivity index (χ2n) is 7.30. The van der Waals surface area contributed by atoms with Crippen LogP contribution in [-0.2, 0) is 15.9 Å². The summed E-state index contributed by atoms with van der Waals surface area (Å²) in [6.45, 7) is 9.96. The third-order valence-corrected chi connectivity index (χ3v) is 4.70. The summed E-state index contributed by atoms with van der Waals surface area (Å²) in [5.74, 6) is -0.460. The summed E-state index contributed by atoms with van der Waals surface area (Å²) in [5.41, 5.74) is 2.90. The molecule has 0 radical (unpaired) electrons. The molecule has 1 saturated heterocycles. The minimum Gasteiger partial charge on any atom is -0.348 e. The van der Waals surface area contributed by atoms with Crippen molar-refractivity contribution in [1.29, 1.82) is 0 Å². The molecule has 0 amide bonds. The van der Waals surface area contributed by atoms with Gasteiger partial charge in [-0.05, 0) is 48.9 Å². The van der Waals surface area contributed by atoms with E-state index in [4.69, 9.17) is 21.1 Å². The maximum atomic E-state index is 6.17. The normalized spacial score (nSPS) is 29.6. The molecule has 3 nitrogen and oxygen atoms in total. The lowest BCUT2D eigenvalue weighted by Gasteiger charge is -2.29. The van der Waals surface area contributed by atoms with Gasteiger partial charge in [-0.3, -0.25) is 0 Å². The van der Waals surface area contributed by atoms with Gasteiger partial charge in [-0.15, -0.1) is 0 Å². The topological polar surface area (TPSA) is 30.5 Å². The molecule has 1 fully saturated rings. The van der Waals surface area contributed by atoms with Crippen LogP contribution in [0.2, 0.25) is 5.02 Å². The van der Waals surface area contributed by atoms with Gasteiger partial charge in [0, 0.05) is 17.6 Å². The summed E-state index contributed by atoms with van der Waals surface area (Å²) in [4.78, 5) is 0. The lowest BCUT2D eigenvalue weighted by Crippen LogP contribution is -2.37. The highest BCUT2D eigenvalue weighted by Crippen LogP contribution is 2.45. The van der Waals surface area contributed by atoms with Crippen molar-refractivity contribution >= 4 is 11.6 Å². The third-order valence-electron chi connectivity index (χ3n) is 4.46. The summed E-state index contributed by atoms with van der Waals surface area (Å²) in [5, 5.41) is 4.48. The van der Waals surface area contributed by atoms with Crippen molar-refractivity contribution in [3.05, 3.63) is 34.3 Å². The Morgan fingerprint density at radius 2 is 2.05 bits per heavy atom. The zero-order chi connectivity index (χ0) is 15.3. The van der Waals surface area contributed by atoms with E-state index in [0.29, 0.717) is 12.6 Å². The first-order valence-electron chi connectivity index (χ1n) is 7.60. The van der Waals surface area contributed by atoms with Gasteiger partial charge in [-0.25, -0.2) is 0 Å². The second kappa shape index (κ2) is 5.24. The molecule has 1 aromatic carbocycles. The average molecular weight is 310 g/mol. The molecule has 2 atom stereocenters. The highest BCUT2D eigenvalue weighted by molar-refractivity contribution is 6.30. The van der Waals surface area contributed by atoms with E-state index in [2.05, 4.69) is 31.3 Å². The quantitative estimate of drug-likeness (QED) is 0.923. The van der Waals surface area contributed by atoms with Gasteiger partial charge in [-0.1, -0.05) is 31.5 Å². The molecular weight excluding hydrogens is 286 g/mol. The van der Waals surface area contributed by atoms with Crippen LogP contribution in [0.5, 0.6) is 0 Å². The van der Waals surface area contributed by atoms with Gasteiger partial charge in [0.05, 0.1) is 12.7 Å². The predicted octanol–water partition coefficient (Wildman–Crippen LogP) is 3.70. The molecular formula is C17H24ClNO2. The Morgan fingerprint density at radius 3 is 2.71 bits per heavy atom. The molecule has 0 aromatic heterocycles. The monoisotopic (exact) mass is 309 g/mol. The number of hydrogen-bond acceptors (Lipinski definition) is 3. The smallest absolute Gasteiger partial charge is 0.163 e. The van der Waals surface area contributed by atoms with E-state index in [0.717, 1.165) is 18.0 Å². The molecule has 2 aliphatic rings. The van der Waals surface area contributed by atoms with Crippen molar-refractivity contribution in [2.24, 2.45) is 5.41 Å². The fraction of sp³-hybridized carbons (Fsp3) is 0.647. The van der Waals surface area contributed by atoms with Crippen LogP contribution in [0, 0.1) is 5.41 Å². The van der Waals surface area contributed by atoms with Crippen LogP contribution in [0.3, 0.4) is 0 Å². The molecule has 1 heterocycles. The van der Waals surface area contributed by atoms with Crippen molar-refractivity contribution in [3.63, 3.8) is 0 Å². The average Bonchev–Trinajstić information content (AvgIpc) is 2.83. The molecule has 1 N–H and O–H groups in total. The number of hydrogen-bond donors (Lipinski definition) is 1.